The summed E-state index contributed by atoms with van der Waals surface area (Å²) < 4.78 is 5.48. The van der Waals surface area contributed by atoms with Gasteiger partial charge in [0.1, 0.15) is 6.10 Å². The summed E-state index contributed by atoms with van der Waals surface area (Å²) in [6, 6.07) is 8.65. The molecule has 0 aliphatic carbocycles. The summed E-state index contributed by atoms with van der Waals surface area (Å²) in [5.41, 5.74) is 1.14. The first kappa shape index (κ1) is 14.7. The molecule has 0 saturated carbocycles. The van der Waals surface area contributed by atoms with Crippen molar-refractivity contribution in [2.75, 3.05) is 18.1 Å². The fraction of sp³-hybridized carbons (Fsp3) is 0.429. The molecule has 0 heterocycles. The van der Waals surface area contributed by atoms with Crippen LogP contribution in [0.15, 0.2) is 24.3 Å². The standard InChI is InChI=1S/C14H17NO2S/c1-3-18-9-8-17-11(2)14(16)13-6-4-12(10-15)5-7-13/h4-7,11H,3,8-9H2,1-2H3. The zero-order valence-corrected chi connectivity index (χ0v) is 11.5. The lowest BCUT2D eigenvalue weighted by molar-refractivity contribution is 0.0529. The second-order valence-electron chi connectivity index (χ2n) is 3.76. The van der Waals surface area contributed by atoms with Crippen molar-refractivity contribution in [2.24, 2.45) is 0 Å². The van der Waals surface area contributed by atoms with E-state index in [0.29, 0.717) is 17.7 Å². The first-order valence-corrected chi connectivity index (χ1v) is 7.08. The Labute approximate surface area is 112 Å². The lowest BCUT2D eigenvalue weighted by Gasteiger charge is -2.11. The van der Waals surface area contributed by atoms with Gasteiger partial charge in [-0.3, -0.25) is 4.79 Å². The first-order valence-electron chi connectivity index (χ1n) is 5.92. The van der Waals surface area contributed by atoms with Gasteiger partial charge >= 0.3 is 0 Å². The number of ether oxygens (including phenoxy) is 1. The molecule has 1 unspecified atom stereocenters. The maximum absolute atomic E-state index is 12.0. The lowest BCUT2D eigenvalue weighted by atomic mass is 10.1. The molecule has 0 bridgehead atoms. The van der Waals surface area contributed by atoms with Crippen LogP contribution in [0.3, 0.4) is 0 Å². The molecule has 3 nitrogen and oxygen atoms in total. The minimum atomic E-state index is -0.435. The Kier molecular flexibility index (Phi) is 6.48. The molecule has 1 aromatic carbocycles. The van der Waals surface area contributed by atoms with Gasteiger partial charge < -0.3 is 4.74 Å². The van der Waals surface area contributed by atoms with Crippen LogP contribution in [-0.4, -0.2) is 30.0 Å². The molecule has 1 aromatic rings. The van der Waals surface area contributed by atoms with Crippen molar-refractivity contribution in [3.8, 4) is 6.07 Å². The van der Waals surface area contributed by atoms with Gasteiger partial charge in [0.2, 0.25) is 0 Å². The number of thioether (sulfide) groups is 1. The average molecular weight is 263 g/mol. The van der Waals surface area contributed by atoms with E-state index in [-0.39, 0.29) is 5.78 Å². The molecule has 0 radical (unpaired) electrons. The molecule has 1 rings (SSSR count). The van der Waals surface area contributed by atoms with Crippen LogP contribution in [0.4, 0.5) is 0 Å². The van der Waals surface area contributed by atoms with E-state index in [1.165, 1.54) is 0 Å². The summed E-state index contributed by atoms with van der Waals surface area (Å²) in [6.45, 7) is 4.44. The number of nitrogens with zero attached hydrogens (tertiary/aromatic N) is 1. The fourth-order valence-corrected chi connectivity index (χ4v) is 1.95. The van der Waals surface area contributed by atoms with Gasteiger partial charge in [-0.05, 0) is 36.9 Å². The number of hydrogen-bond donors (Lipinski definition) is 0. The number of hydrogen-bond acceptors (Lipinski definition) is 4. The summed E-state index contributed by atoms with van der Waals surface area (Å²) in [5, 5.41) is 8.68. The third-order valence-corrected chi connectivity index (χ3v) is 3.33. The van der Waals surface area contributed by atoms with Crippen molar-refractivity contribution in [2.45, 2.75) is 20.0 Å². The van der Waals surface area contributed by atoms with E-state index < -0.39 is 6.10 Å². The zero-order chi connectivity index (χ0) is 13.4. The van der Waals surface area contributed by atoms with Crippen LogP contribution in [0.5, 0.6) is 0 Å². The molecule has 18 heavy (non-hydrogen) atoms. The highest BCUT2D eigenvalue weighted by Gasteiger charge is 2.15. The van der Waals surface area contributed by atoms with Crippen molar-refractivity contribution >= 4 is 17.5 Å². The number of carbonyl (C=O) groups excluding carboxylic acids is 1. The topological polar surface area (TPSA) is 50.1 Å². The van der Waals surface area contributed by atoms with Crippen molar-refractivity contribution < 1.29 is 9.53 Å². The van der Waals surface area contributed by atoms with E-state index in [1.54, 1.807) is 43.0 Å². The highest BCUT2D eigenvalue weighted by molar-refractivity contribution is 7.99. The van der Waals surface area contributed by atoms with Crippen LogP contribution in [-0.2, 0) is 4.74 Å². The Hall–Kier alpha value is -1.31. The largest absolute Gasteiger partial charge is 0.369 e. The third-order valence-electron chi connectivity index (χ3n) is 2.47. The summed E-state index contributed by atoms with van der Waals surface area (Å²) in [7, 11) is 0. The van der Waals surface area contributed by atoms with E-state index in [4.69, 9.17) is 10.00 Å². The van der Waals surface area contributed by atoms with Gasteiger partial charge in [-0.1, -0.05) is 6.92 Å². The van der Waals surface area contributed by atoms with Crippen molar-refractivity contribution in [1.29, 1.82) is 5.26 Å². The Morgan fingerprint density at radius 2 is 2.11 bits per heavy atom. The lowest BCUT2D eigenvalue weighted by Crippen LogP contribution is -2.22. The van der Waals surface area contributed by atoms with Crippen LogP contribution >= 0.6 is 11.8 Å². The van der Waals surface area contributed by atoms with Gasteiger partial charge in [-0.15, -0.1) is 0 Å². The van der Waals surface area contributed by atoms with Gasteiger partial charge in [0, 0.05) is 11.3 Å². The Morgan fingerprint density at radius 1 is 1.44 bits per heavy atom. The van der Waals surface area contributed by atoms with Crippen molar-refractivity contribution in [3.63, 3.8) is 0 Å². The number of ketones is 1. The average Bonchev–Trinajstić information content (AvgIpc) is 2.42. The van der Waals surface area contributed by atoms with E-state index >= 15 is 0 Å². The van der Waals surface area contributed by atoms with Crippen LogP contribution in [0.25, 0.3) is 0 Å². The quantitative estimate of drug-likeness (QED) is 0.560. The van der Waals surface area contributed by atoms with Crippen molar-refractivity contribution in [1.82, 2.24) is 0 Å². The molecule has 0 fully saturated rings. The van der Waals surface area contributed by atoms with E-state index in [1.807, 2.05) is 6.07 Å². The summed E-state index contributed by atoms with van der Waals surface area (Å²) in [4.78, 5) is 12.0. The van der Waals surface area contributed by atoms with Gasteiger partial charge in [0.05, 0.1) is 18.2 Å². The Balaban J connectivity index is 2.49. The van der Waals surface area contributed by atoms with E-state index in [9.17, 15) is 4.79 Å². The number of carbonyl (C=O) groups is 1. The minimum Gasteiger partial charge on any atom is -0.369 e. The van der Waals surface area contributed by atoms with Crippen molar-refractivity contribution in [3.05, 3.63) is 35.4 Å². The van der Waals surface area contributed by atoms with Crippen LogP contribution in [0, 0.1) is 11.3 Å². The van der Waals surface area contributed by atoms with Gasteiger partial charge in [-0.2, -0.15) is 17.0 Å². The smallest absolute Gasteiger partial charge is 0.191 e. The predicted molar refractivity (Wildman–Crippen MR) is 73.9 cm³/mol. The summed E-state index contributed by atoms with van der Waals surface area (Å²) >= 11 is 1.79. The minimum absolute atomic E-state index is 0.0408. The maximum atomic E-state index is 12.0. The summed E-state index contributed by atoms with van der Waals surface area (Å²) in [5.74, 6) is 1.92. The summed E-state index contributed by atoms with van der Waals surface area (Å²) in [6.07, 6.45) is -0.435. The maximum Gasteiger partial charge on any atom is 0.191 e. The molecule has 0 aromatic heterocycles. The van der Waals surface area contributed by atoms with Crippen LogP contribution in [0.2, 0.25) is 0 Å². The normalized spacial score (nSPS) is 11.8. The highest BCUT2D eigenvalue weighted by atomic mass is 32.2. The van der Waals surface area contributed by atoms with Crippen LogP contribution in [0.1, 0.15) is 29.8 Å². The molecule has 4 heteroatoms. The molecule has 0 aliphatic rings. The first-order chi connectivity index (χ1) is 8.69. The predicted octanol–water partition coefficient (Wildman–Crippen LogP) is 2.90. The number of Topliss-reactive ketones (excluding diaryl/α,β-unsaturated/α-hetero) is 1. The molecule has 0 spiro atoms. The highest BCUT2D eigenvalue weighted by Crippen LogP contribution is 2.09. The molecular weight excluding hydrogens is 246 g/mol. The SMILES string of the molecule is CCSCCOC(C)C(=O)c1ccc(C#N)cc1. The van der Waals surface area contributed by atoms with Gasteiger partial charge in [0.15, 0.2) is 5.78 Å². The van der Waals surface area contributed by atoms with E-state index in [0.717, 1.165) is 11.5 Å². The molecule has 0 saturated heterocycles. The molecule has 0 N–H and O–H groups in total. The van der Waals surface area contributed by atoms with Gasteiger partial charge in [-0.25, -0.2) is 0 Å². The van der Waals surface area contributed by atoms with Crippen LogP contribution < -0.4 is 0 Å². The van der Waals surface area contributed by atoms with E-state index in [2.05, 4.69) is 6.92 Å². The molecule has 0 aliphatic heterocycles. The Bertz CT molecular complexity index is 422. The monoisotopic (exact) mass is 263 g/mol. The molecule has 0 amide bonds. The molecule has 96 valence electrons. The van der Waals surface area contributed by atoms with Gasteiger partial charge in [0.25, 0.3) is 0 Å². The molecular formula is C14H17NO2S. The number of nitriles is 1. The Morgan fingerprint density at radius 3 is 2.67 bits per heavy atom. The zero-order valence-electron chi connectivity index (χ0n) is 10.7. The number of rotatable bonds is 7. The fourth-order valence-electron chi connectivity index (χ4n) is 1.45. The third kappa shape index (κ3) is 4.52. The molecule has 1 atom stereocenters. The number of benzene rings is 1. The second kappa shape index (κ2) is 7.91. The second-order valence-corrected chi connectivity index (χ2v) is 5.16.